The lowest BCUT2D eigenvalue weighted by molar-refractivity contribution is 0.0696. The second-order valence-corrected chi connectivity index (χ2v) is 5.49. The number of nitrogens with two attached hydrogens (primary N) is 1. The molecule has 0 aliphatic carbocycles. The summed E-state index contributed by atoms with van der Waals surface area (Å²) in [5.74, 6) is 5.96. The summed E-state index contributed by atoms with van der Waals surface area (Å²) in [5.41, 5.74) is 3.93. The number of nitrogen functional groups attached to an aromatic ring is 1. The van der Waals surface area contributed by atoms with Crippen molar-refractivity contribution in [3.05, 3.63) is 23.4 Å². The lowest BCUT2D eigenvalue weighted by Crippen LogP contribution is -2.42. The quantitative estimate of drug-likeness (QED) is 0.619. The third-order valence-corrected chi connectivity index (χ3v) is 3.66. The summed E-state index contributed by atoms with van der Waals surface area (Å²) in [4.78, 5) is 21.1. The monoisotopic (exact) mass is 277 g/mol. The van der Waals surface area contributed by atoms with Gasteiger partial charge in [0.15, 0.2) is 0 Å². The van der Waals surface area contributed by atoms with Crippen molar-refractivity contribution in [1.82, 2.24) is 14.8 Å². The van der Waals surface area contributed by atoms with Gasteiger partial charge in [-0.2, -0.15) is 0 Å². The van der Waals surface area contributed by atoms with Crippen LogP contribution in [0.1, 0.15) is 29.4 Å². The molecule has 2 heterocycles. The number of hydrogen-bond donors (Lipinski definition) is 2. The van der Waals surface area contributed by atoms with Gasteiger partial charge in [0.25, 0.3) is 5.91 Å². The van der Waals surface area contributed by atoms with E-state index in [1.54, 1.807) is 6.07 Å². The van der Waals surface area contributed by atoms with Crippen molar-refractivity contribution in [3.8, 4) is 0 Å². The molecule has 6 nitrogen and oxygen atoms in total. The Kier molecular flexibility index (Phi) is 4.57. The van der Waals surface area contributed by atoms with Crippen molar-refractivity contribution >= 4 is 11.7 Å². The summed E-state index contributed by atoms with van der Waals surface area (Å²) in [7, 11) is 2.09. The molecule has 1 aromatic rings. The average molecular weight is 277 g/mol. The topological polar surface area (TPSA) is 74.5 Å². The molecule has 0 saturated carbocycles. The lowest BCUT2D eigenvalue weighted by atomic mass is 10.1. The number of hydrogen-bond acceptors (Lipinski definition) is 5. The van der Waals surface area contributed by atoms with E-state index >= 15 is 0 Å². The molecule has 1 amide bonds. The number of aryl methyl sites for hydroxylation is 1. The molecule has 1 aliphatic rings. The van der Waals surface area contributed by atoms with Gasteiger partial charge in [-0.25, -0.2) is 10.8 Å². The van der Waals surface area contributed by atoms with Crippen LogP contribution in [0.2, 0.25) is 0 Å². The van der Waals surface area contributed by atoms with E-state index in [0.717, 1.165) is 31.7 Å². The Morgan fingerprint density at radius 2 is 2.20 bits per heavy atom. The Bertz CT molecular complexity index is 490. The second-order valence-electron chi connectivity index (χ2n) is 5.49. The number of carbonyl (C=O) groups excluding carboxylic acids is 1. The van der Waals surface area contributed by atoms with Gasteiger partial charge < -0.3 is 15.2 Å². The van der Waals surface area contributed by atoms with E-state index in [2.05, 4.69) is 29.3 Å². The van der Waals surface area contributed by atoms with E-state index < -0.39 is 0 Å². The molecule has 2 rings (SSSR count). The SMILES string of the molecule is Cc1cc(C(=O)N2CCCN(C)CC2C)cc(NN)n1. The van der Waals surface area contributed by atoms with Gasteiger partial charge >= 0.3 is 0 Å². The minimum absolute atomic E-state index is 0.0507. The molecule has 0 radical (unpaired) electrons. The lowest BCUT2D eigenvalue weighted by Gasteiger charge is -2.28. The number of nitrogens with zero attached hydrogens (tertiary/aromatic N) is 3. The fourth-order valence-electron chi connectivity index (χ4n) is 2.71. The molecule has 1 saturated heterocycles. The van der Waals surface area contributed by atoms with E-state index in [4.69, 9.17) is 5.84 Å². The molecular formula is C14H23N5O. The van der Waals surface area contributed by atoms with Gasteiger partial charge in [-0.3, -0.25) is 4.79 Å². The summed E-state index contributed by atoms with van der Waals surface area (Å²) < 4.78 is 0. The van der Waals surface area contributed by atoms with Gasteiger partial charge in [0.05, 0.1) is 0 Å². The maximum atomic E-state index is 12.7. The van der Waals surface area contributed by atoms with Crippen LogP contribution in [0.25, 0.3) is 0 Å². The molecule has 1 fully saturated rings. The highest BCUT2D eigenvalue weighted by Crippen LogP contribution is 2.16. The molecule has 20 heavy (non-hydrogen) atoms. The molecule has 1 aromatic heterocycles. The number of hydrazine groups is 1. The fourth-order valence-corrected chi connectivity index (χ4v) is 2.71. The number of amides is 1. The van der Waals surface area contributed by atoms with E-state index in [1.165, 1.54) is 0 Å². The molecule has 6 heteroatoms. The molecule has 0 bridgehead atoms. The van der Waals surface area contributed by atoms with Crippen LogP contribution in [0, 0.1) is 6.92 Å². The predicted octanol–water partition coefficient (Wildman–Crippen LogP) is 0.842. The minimum Gasteiger partial charge on any atom is -0.335 e. The van der Waals surface area contributed by atoms with Crippen LogP contribution in [0.5, 0.6) is 0 Å². The number of pyridine rings is 1. The first-order valence-corrected chi connectivity index (χ1v) is 6.96. The highest BCUT2D eigenvalue weighted by molar-refractivity contribution is 5.95. The van der Waals surface area contributed by atoms with Gasteiger partial charge in [0.1, 0.15) is 5.82 Å². The summed E-state index contributed by atoms with van der Waals surface area (Å²) in [6.45, 7) is 6.67. The van der Waals surface area contributed by atoms with Gasteiger partial charge in [-0.1, -0.05) is 0 Å². The van der Waals surface area contributed by atoms with Crippen LogP contribution in [0.4, 0.5) is 5.82 Å². The zero-order valence-corrected chi connectivity index (χ0v) is 12.4. The van der Waals surface area contributed by atoms with Gasteiger partial charge in [0.2, 0.25) is 0 Å². The Morgan fingerprint density at radius 3 is 2.90 bits per heavy atom. The molecule has 1 unspecified atom stereocenters. The standard InChI is InChI=1S/C14H23N5O/c1-10-7-12(8-13(16-10)17-15)14(20)19-6-4-5-18(3)9-11(19)2/h7-8,11H,4-6,9,15H2,1-3H3,(H,16,17). The van der Waals surface area contributed by atoms with E-state index in [1.807, 2.05) is 17.9 Å². The van der Waals surface area contributed by atoms with Crippen molar-refractivity contribution in [2.75, 3.05) is 32.1 Å². The van der Waals surface area contributed by atoms with Crippen LogP contribution in [-0.4, -0.2) is 53.4 Å². The van der Waals surface area contributed by atoms with Gasteiger partial charge in [-0.05, 0) is 46.0 Å². The first kappa shape index (κ1) is 14.7. The third-order valence-electron chi connectivity index (χ3n) is 3.66. The van der Waals surface area contributed by atoms with E-state index in [-0.39, 0.29) is 11.9 Å². The zero-order chi connectivity index (χ0) is 14.7. The van der Waals surface area contributed by atoms with Crippen LogP contribution in [-0.2, 0) is 0 Å². The Morgan fingerprint density at radius 1 is 1.45 bits per heavy atom. The van der Waals surface area contributed by atoms with Crippen LogP contribution >= 0.6 is 0 Å². The predicted molar refractivity (Wildman–Crippen MR) is 79.4 cm³/mol. The first-order valence-electron chi connectivity index (χ1n) is 6.96. The normalized spacial score (nSPS) is 20.6. The summed E-state index contributed by atoms with van der Waals surface area (Å²) >= 11 is 0. The number of carbonyl (C=O) groups is 1. The molecule has 1 atom stereocenters. The highest BCUT2D eigenvalue weighted by atomic mass is 16.2. The van der Waals surface area contributed by atoms with Gasteiger partial charge in [0, 0.05) is 30.4 Å². The number of likely N-dealkylation sites (N-methyl/N-ethyl adjacent to an activating group) is 1. The molecule has 0 spiro atoms. The largest absolute Gasteiger partial charge is 0.335 e. The molecular weight excluding hydrogens is 254 g/mol. The highest BCUT2D eigenvalue weighted by Gasteiger charge is 2.25. The number of anilines is 1. The maximum absolute atomic E-state index is 12.7. The first-order chi connectivity index (χ1) is 9.51. The van der Waals surface area contributed by atoms with Crippen LogP contribution in [0.3, 0.4) is 0 Å². The molecule has 1 aliphatic heterocycles. The third kappa shape index (κ3) is 3.26. The van der Waals surface area contributed by atoms with Crippen molar-refractivity contribution < 1.29 is 4.79 Å². The van der Waals surface area contributed by atoms with E-state index in [0.29, 0.717) is 11.4 Å². The average Bonchev–Trinajstić information content (AvgIpc) is 2.57. The zero-order valence-electron chi connectivity index (χ0n) is 12.4. The van der Waals surface area contributed by atoms with E-state index in [9.17, 15) is 4.79 Å². The number of nitrogens with one attached hydrogen (secondary N) is 1. The minimum atomic E-state index is 0.0507. The summed E-state index contributed by atoms with van der Waals surface area (Å²) in [5, 5.41) is 0. The van der Waals surface area contributed by atoms with Crippen molar-refractivity contribution in [3.63, 3.8) is 0 Å². The second kappa shape index (κ2) is 6.19. The fraction of sp³-hybridized carbons (Fsp3) is 0.571. The number of aromatic nitrogens is 1. The Hall–Kier alpha value is -1.66. The maximum Gasteiger partial charge on any atom is 0.254 e. The van der Waals surface area contributed by atoms with Crippen LogP contribution < -0.4 is 11.3 Å². The Labute approximate surface area is 119 Å². The molecule has 110 valence electrons. The van der Waals surface area contributed by atoms with Crippen molar-refractivity contribution in [2.45, 2.75) is 26.3 Å². The smallest absolute Gasteiger partial charge is 0.254 e. The molecule has 0 aromatic carbocycles. The van der Waals surface area contributed by atoms with Crippen molar-refractivity contribution in [2.24, 2.45) is 5.84 Å². The summed E-state index contributed by atoms with van der Waals surface area (Å²) in [6, 6.07) is 3.72. The van der Waals surface area contributed by atoms with Gasteiger partial charge in [-0.15, -0.1) is 0 Å². The molecule has 3 N–H and O–H groups in total. The Balaban J connectivity index is 2.23. The summed E-state index contributed by atoms with van der Waals surface area (Å²) in [6.07, 6.45) is 0.999. The van der Waals surface area contributed by atoms with Crippen LogP contribution in [0.15, 0.2) is 12.1 Å². The number of rotatable bonds is 2. The van der Waals surface area contributed by atoms with Crippen molar-refractivity contribution in [1.29, 1.82) is 0 Å².